The zero-order valence-corrected chi connectivity index (χ0v) is 4.54. The number of rotatable bonds is 1. The minimum absolute atomic E-state index is 0.730. The van der Waals surface area contributed by atoms with Gasteiger partial charge in [0.2, 0.25) is 0 Å². The minimum Gasteiger partial charge on any atom is -0.264 e. The van der Waals surface area contributed by atoms with E-state index in [-0.39, 0.29) is 0 Å². The Morgan fingerprint density at radius 2 is 2.17 bits per heavy atom. The molecule has 0 aromatic heterocycles. The second-order valence-electron chi connectivity index (χ2n) is 1.76. The van der Waals surface area contributed by atoms with Crippen LogP contribution >= 0.6 is 12.8 Å². The van der Waals surface area contributed by atoms with E-state index in [1.807, 2.05) is 0 Å². The summed E-state index contributed by atoms with van der Waals surface area (Å²) in [6, 6.07) is 0.730. The van der Waals surface area contributed by atoms with Gasteiger partial charge in [0.15, 0.2) is 0 Å². The van der Waals surface area contributed by atoms with Crippen molar-refractivity contribution in [3.63, 3.8) is 0 Å². The van der Waals surface area contributed by atoms with Gasteiger partial charge in [-0.25, -0.2) is 0 Å². The van der Waals surface area contributed by atoms with Gasteiger partial charge in [-0.1, -0.05) is 19.2 Å². The molecule has 1 rings (SSSR count). The molecular weight excluding hydrogens is 94.1 g/mol. The van der Waals surface area contributed by atoms with Gasteiger partial charge in [-0.2, -0.15) is 0 Å². The highest BCUT2D eigenvalue weighted by Crippen LogP contribution is 2.17. The molecule has 0 saturated heterocycles. The third-order valence-electron chi connectivity index (χ3n) is 1.29. The van der Waals surface area contributed by atoms with E-state index in [0.29, 0.717) is 0 Å². The van der Waals surface area contributed by atoms with Crippen LogP contribution in [0.1, 0.15) is 19.3 Å². The smallest absolute Gasteiger partial charge is 0.0169 e. The number of hydrogen-bond acceptors (Lipinski definition) is 2. The van der Waals surface area contributed by atoms with E-state index in [9.17, 15) is 0 Å². The van der Waals surface area contributed by atoms with Crippen molar-refractivity contribution < 1.29 is 0 Å². The largest absolute Gasteiger partial charge is 0.264 e. The highest BCUT2D eigenvalue weighted by molar-refractivity contribution is 7.78. The van der Waals surface area contributed by atoms with Gasteiger partial charge in [-0.3, -0.25) is 4.72 Å². The quantitative estimate of drug-likeness (QED) is 0.471. The van der Waals surface area contributed by atoms with Gasteiger partial charge in [0, 0.05) is 6.04 Å². The summed E-state index contributed by atoms with van der Waals surface area (Å²) in [4.78, 5) is 0. The summed E-state index contributed by atoms with van der Waals surface area (Å²) in [7, 11) is 0. The summed E-state index contributed by atoms with van der Waals surface area (Å²) in [6.45, 7) is 0. The van der Waals surface area contributed by atoms with Crippen LogP contribution in [0.3, 0.4) is 0 Å². The molecule has 0 amide bonds. The van der Waals surface area contributed by atoms with Crippen molar-refractivity contribution in [3.8, 4) is 0 Å². The second-order valence-corrected chi connectivity index (χ2v) is 2.02. The van der Waals surface area contributed by atoms with Gasteiger partial charge >= 0.3 is 0 Å². The molecule has 1 aliphatic carbocycles. The molecule has 0 unspecified atom stereocenters. The van der Waals surface area contributed by atoms with E-state index in [4.69, 9.17) is 0 Å². The average Bonchev–Trinajstić information content (AvgIpc) is 1.31. The maximum absolute atomic E-state index is 3.90. The first kappa shape index (κ1) is 4.47. The van der Waals surface area contributed by atoms with Crippen LogP contribution in [-0.4, -0.2) is 6.04 Å². The fraction of sp³-hybridized carbons (Fsp3) is 1.00. The lowest BCUT2D eigenvalue weighted by Crippen LogP contribution is -2.28. The number of hydrogen-bond donors (Lipinski definition) is 2. The molecule has 0 aromatic rings. The molecule has 36 valence electrons. The van der Waals surface area contributed by atoms with Crippen molar-refractivity contribution in [2.75, 3.05) is 0 Å². The Morgan fingerprint density at radius 3 is 2.17 bits per heavy atom. The lowest BCUT2D eigenvalue weighted by molar-refractivity contribution is 0.396. The van der Waals surface area contributed by atoms with Crippen molar-refractivity contribution >= 4 is 12.8 Å². The van der Waals surface area contributed by atoms with Crippen LogP contribution < -0.4 is 4.72 Å². The van der Waals surface area contributed by atoms with Gasteiger partial charge < -0.3 is 0 Å². The summed E-state index contributed by atoms with van der Waals surface area (Å²) in [5, 5.41) is 0. The van der Waals surface area contributed by atoms with Crippen molar-refractivity contribution in [2.24, 2.45) is 0 Å². The van der Waals surface area contributed by atoms with Crippen LogP contribution in [0.25, 0.3) is 0 Å². The van der Waals surface area contributed by atoms with Crippen LogP contribution in [0.2, 0.25) is 0 Å². The third kappa shape index (κ3) is 0.684. The minimum atomic E-state index is 0.730. The van der Waals surface area contributed by atoms with Crippen molar-refractivity contribution in [1.82, 2.24) is 4.72 Å². The van der Waals surface area contributed by atoms with Gasteiger partial charge in [0.25, 0.3) is 0 Å². The van der Waals surface area contributed by atoms with Crippen LogP contribution in [0.4, 0.5) is 0 Å². The molecule has 0 radical (unpaired) electrons. The molecule has 1 fully saturated rings. The third-order valence-corrected chi connectivity index (χ3v) is 1.65. The van der Waals surface area contributed by atoms with E-state index in [1.54, 1.807) is 0 Å². The lowest BCUT2D eigenvalue weighted by atomic mass is 9.94. The van der Waals surface area contributed by atoms with Crippen LogP contribution in [0, 0.1) is 0 Å². The summed E-state index contributed by atoms with van der Waals surface area (Å²) in [6.07, 6.45) is 4.03. The van der Waals surface area contributed by atoms with Gasteiger partial charge in [-0.05, 0) is 12.8 Å². The maximum atomic E-state index is 3.90. The summed E-state index contributed by atoms with van der Waals surface area (Å²) < 4.78 is 2.90. The van der Waals surface area contributed by atoms with Crippen LogP contribution in [-0.2, 0) is 0 Å². The van der Waals surface area contributed by atoms with E-state index in [2.05, 4.69) is 17.5 Å². The Labute approximate surface area is 43.7 Å². The van der Waals surface area contributed by atoms with Gasteiger partial charge in [0.1, 0.15) is 0 Å². The highest BCUT2D eigenvalue weighted by atomic mass is 32.1. The maximum Gasteiger partial charge on any atom is 0.0169 e. The van der Waals surface area contributed by atoms with Gasteiger partial charge in [-0.15, -0.1) is 0 Å². The predicted molar refractivity (Wildman–Crippen MR) is 29.8 cm³/mol. The van der Waals surface area contributed by atoms with Crippen molar-refractivity contribution in [3.05, 3.63) is 0 Å². The van der Waals surface area contributed by atoms with E-state index in [1.165, 1.54) is 19.3 Å². The zero-order valence-electron chi connectivity index (χ0n) is 3.65. The normalized spacial score (nSPS) is 23.5. The SMILES string of the molecule is SNC1CCC1. The molecule has 0 heterocycles. The molecule has 6 heavy (non-hydrogen) atoms. The van der Waals surface area contributed by atoms with Crippen LogP contribution in [0.5, 0.6) is 0 Å². The Morgan fingerprint density at radius 1 is 1.50 bits per heavy atom. The molecule has 0 spiro atoms. The van der Waals surface area contributed by atoms with Crippen molar-refractivity contribution in [2.45, 2.75) is 25.3 Å². The second kappa shape index (κ2) is 1.85. The predicted octanol–water partition coefficient (Wildman–Crippen LogP) is 0.973. The van der Waals surface area contributed by atoms with Crippen LogP contribution in [0.15, 0.2) is 0 Å². The molecule has 1 aliphatic rings. The molecule has 1 N–H and O–H groups in total. The first-order valence-corrected chi connectivity index (χ1v) is 2.78. The highest BCUT2D eigenvalue weighted by Gasteiger charge is 2.13. The summed E-state index contributed by atoms with van der Waals surface area (Å²) in [5.74, 6) is 0. The Kier molecular flexibility index (Phi) is 1.37. The molecule has 1 nitrogen and oxygen atoms in total. The number of nitrogens with one attached hydrogen (secondary N) is 1. The summed E-state index contributed by atoms with van der Waals surface area (Å²) in [5.41, 5.74) is 0. The Hall–Kier alpha value is 0.310. The molecule has 0 aromatic carbocycles. The fourth-order valence-corrected chi connectivity index (χ4v) is 0.796. The van der Waals surface area contributed by atoms with E-state index >= 15 is 0 Å². The molecule has 0 aliphatic heterocycles. The number of thiol groups is 1. The van der Waals surface area contributed by atoms with Gasteiger partial charge in [0.05, 0.1) is 0 Å². The average molecular weight is 103 g/mol. The molecule has 1 saturated carbocycles. The van der Waals surface area contributed by atoms with E-state index in [0.717, 1.165) is 6.04 Å². The lowest BCUT2D eigenvalue weighted by Gasteiger charge is -2.23. The van der Waals surface area contributed by atoms with E-state index < -0.39 is 0 Å². The molecule has 0 atom stereocenters. The molecular formula is C4H9NS. The van der Waals surface area contributed by atoms with Crippen molar-refractivity contribution in [1.29, 1.82) is 0 Å². The molecule has 0 bridgehead atoms. The monoisotopic (exact) mass is 103 g/mol. The summed E-state index contributed by atoms with van der Waals surface area (Å²) >= 11 is 3.90. The standard InChI is InChI=1S/C4H9NS/c6-5-4-2-1-3-4/h4-6H,1-3H2. The topological polar surface area (TPSA) is 12.0 Å². The fourth-order valence-electron chi connectivity index (χ4n) is 0.537. The molecule has 2 heteroatoms. The Balaban J connectivity index is 2.01. The Bertz CT molecular complexity index is 40.1. The first-order chi connectivity index (χ1) is 2.93. The zero-order chi connectivity index (χ0) is 4.41. The first-order valence-electron chi connectivity index (χ1n) is 2.33.